The standard InChI is InChI=1S/C11H13BF2O5/c13-11(14)18-9-4-3-8(19-12(15)16)5-10(9)17-6-7-1-2-7/h3-5,7,11,15-16H,1-2,6H2. The van der Waals surface area contributed by atoms with Crippen molar-refractivity contribution in [3.8, 4) is 17.2 Å². The number of hydrogen-bond acceptors (Lipinski definition) is 5. The van der Waals surface area contributed by atoms with Gasteiger partial charge in [-0.05, 0) is 30.9 Å². The highest BCUT2D eigenvalue weighted by atomic mass is 19.3. The topological polar surface area (TPSA) is 68.2 Å². The van der Waals surface area contributed by atoms with E-state index in [2.05, 4.69) is 9.39 Å². The van der Waals surface area contributed by atoms with Gasteiger partial charge in [0.05, 0.1) is 6.61 Å². The van der Waals surface area contributed by atoms with Crippen LogP contribution in [0.25, 0.3) is 0 Å². The Morgan fingerprint density at radius 1 is 1.26 bits per heavy atom. The smallest absolute Gasteiger partial charge is 0.512 e. The SMILES string of the molecule is OB(O)Oc1ccc(OC(F)F)c(OCC2CC2)c1. The molecule has 1 aromatic rings. The highest BCUT2D eigenvalue weighted by molar-refractivity contribution is 6.33. The minimum atomic E-state index is -2.96. The average molecular weight is 274 g/mol. The lowest BCUT2D eigenvalue weighted by molar-refractivity contribution is -0.0515. The van der Waals surface area contributed by atoms with Crippen molar-refractivity contribution in [2.75, 3.05) is 6.61 Å². The van der Waals surface area contributed by atoms with Crippen LogP contribution in [0.2, 0.25) is 0 Å². The van der Waals surface area contributed by atoms with Crippen LogP contribution >= 0.6 is 0 Å². The van der Waals surface area contributed by atoms with Crippen molar-refractivity contribution in [3.05, 3.63) is 18.2 Å². The van der Waals surface area contributed by atoms with E-state index in [-0.39, 0.29) is 17.2 Å². The van der Waals surface area contributed by atoms with Gasteiger partial charge in [-0.25, -0.2) is 0 Å². The molecule has 8 heteroatoms. The van der Waals surface area contributed by atoms with Gasteiger partial charge >= 0.3 is 13.9 Å². The lowest BCUT2D eigenvalue weighted by atomic mass is 10.2. The Labute approximate surface area is 108 Å². The molecule has 2 N–H and O–H groups in total. The fourth-order valence-corrected chi connectivity index (χ4v) is 1.48. The first-order valence-electron chi connectivity index (χ1n) is 5.79. The molecule has 1 saturated carbocycles. The molecule has 0 atom stereocenters. The van der Waals surface area contributed by atoms with Gasteiger partial charge in [0.25, 0.3) is 0 Å². The summed E-state index contributed by atoms with van der Waals surface area (Å²) in [5.41, 5.74) is 0. The molecule has 0 heterocycles. The summed E-state index contributed by atoms with van der Waals surface area (Å²) in [7, 11) is -1.99. The maximum absolute atomic E-state index is 12.2. The molecular weight excluding hydrogens is 261 g/mol. The van der Waals surface area contributed by atoms with Crippen molar-refractivity contribution in [1.29, 1.82) is 0 Å². The van der Waals surface area contributed by atoms with Crippen molar-refractivity contribution >= 4 is 7.32 Å². The van der Waals surface area contributed by atoms with Crippen molar-refractivity contribution < 1.29 is 33.0 Å². The summed E-state index contributed by atoms with van der Waals surface area (Å²) in [6.07, 6.45) is 2.10. The molecule has 0 aromatic heterocycles. The second-order valence-electron chi connectivity index (χ2n) is 4.19. The third-order valence-electron chi connectivity index (χ3n) is 2.54. The van der Waals surface area contributed by atoms with Crippen LogP contribution in [0, 0.1) is 5.92 Å². The Balaban J connectivity index is 2.10. The minimum Gasteiger partial charge on any atom is -0.512 e. The van der Waals surface area contributed by atoms with Crippen LogP contribution in [-0.4, -0.2) is 30.6 Å². The van der Waals surface area contributed by atoms with E-state index >= 15 is 0 Å². The molecule has 0 unspecified atom stereocenters. The second kappa shape index (κ2) is 6.07. The number of rotatable bonds is 7. The Kier molecular flexibility index (Phi) is 4.44. The summed E-state index contributed by atoms with van der Waals surface area (Å²) in [5.74, 6) is 0.496. The maximum atomic E-state index is 12.2. The van der Waals surface area contributed by atoms with Crippen molar-refractivity contribution in [2.45, 2.75) is 19.5 Å². The van der Waals surface area contributed by atoms with Crippen molar-refractivity contribution in [1.82, 2.24) is 0 Å². The molecule has 0 bridgehead atoms. The Morgan fingerprint density at radius 2 is 2.00 bits per heavy atom. The zero-order valence-corrected chi connectivity index (χ0v) is 9.96. The van der Waals surface area contributed by atoms with Crippen LogP contribution < -0.4 is 14.1 Å². The van der Waals surface area contributed by atoms with Crippen molar-refractivity contribution in [3.63, 3.8) is 0 Å². The molecule has 0 saturated heterocycles. The summed E-state index contributed by atoms with van der Waals surface area (Å²) in [4.78, 5) is 0. The quantitative estimate of drug-likeness (QED) is 0.736. The molecule has 1 aliphatic carbocycles. The highest BCUT2D eigenvalue weighted by Crippen LogP contribution is 2.35. The van der Waals surface area contributed by atoms with Gasteiger partial charge in [-0.2, -0.15) is 8.78 Å². The molecular formula is C11H13BF2O5. The molecule has 19 heavy (non-hydrogen) atoms. The summed E-state index contributed by atoms with van der Waals surface area (Å²) in [6.45, 7) is -2.55. The van der Waals surface area contributed by atoms with E-state index in [4.69, 9.17) is 14.8 Å². The van der Waals surface area contributed by atoms with Gasteiger partial charge < -0.3 is 24.2 Å². The molecule has 0 amide bonds. The van der Waals surface area contributed by atoms with E-state index in [0.29, 0.717) is 12.5 Å². The maximum Gasteiger partial charge on any atom is 0.707 e. The highest BCUT2D eigenvalue weighted by Gasteiger charge is 2.23. The summed E-state index contributed by atoms with van der Waals surface area (Å²) >= 11 is 0. The first-order valence-corrected chi connectivity index (χ1v) is 5.79. The van der Waals surface area contributed by atoms with Gasteiger partial charge in [0, 0.05) is 6.07 Å². The molecule has 1 aromatic carbocycles. The molecule has 1 aliphatic rings. The number of halogens is 2. The van der Waals surface area contributed by atoms with Gasteiger partial charge in [0.2, 0.25) is 0 Å². The lowest BCUT2D eigenvalue weighted by Gasteiger charge is -2.14. The summed E-state index contributed by atoms with van der Waals surface area (Å²) in [6, 6.07) is 3.78. The zero-order valence-electron chi connectivity index (χ0n) is 9.96. The minimum absolute atomic E-state index is 0.0856. The Bertz CT molecular complexity index is 426. The first kappa shape index (κ1) is 13.9. The van der Waals surface area contributed by atoms with Gasteiger partial charge in [-0.15, -0.1) is 0 Å². The Morgan fingerprint density at radius 3 is 2.58 bits per heavy atom. The van der Waals surface area contributed by atoms with Crippen molar-refractivity contribution in [2.24, 2.45) is 5.92 Å². The molecule has 1 fully saturated rings. The van der Waals surface area contributed by atoms with E-state index in [9.17, 15) is 8.78 Å². The van der Waals surface area contributed by atoms with Crippen LogP contribution in [0.1, 0.15) is 12.8 Å². The summed E-state index contributed by atoms with van der Waals surface area (Å²) < 4.78 is 38.8. The fraction of sp³-hybridized carbons (Fsp3) is 0.455. The molecule has 0 spiro atoms. The third kappa shape index (κ3) is 4.57. The second-order valence-corrected chi connectivity index (χ2v) is 4.19. The molecule has 0 radical (unpaired) electrons. The van der Waals surface area contributed by atoms with E-state index in [0.717, 1.165) is 12.8 Å². The van der Waals surface area contributed by atoms with E-state index in [1.807, 2.05) is 0 Å². The largest absolute Gasteiger partial charge is 0.707 e. The van der Waals surface area contributed by atoms with Crippen LogP contribution in [0.15, 0.2) is 18.2 Å². The number of benzene rings is 1. The van der Waals surface area contributed by atoms with E-state index in [1.54, 1.807) is 0 Å². The molecule has 2 rings (SSSR count). The van der Waals surface area contributed by atoms with Gasteiger partial charge in [0.1, 0.15) is 5.75 Å². The van der Waals surface area contributed by atoms with Gasteiger partial charge in [-0.1, -0.05) is 0 Å². The Hall–Kier alpha value is -1.54. The van der Waals surface area contributed by atoms with Crippen LogP contribution in [0.3, 0.4) is 0 Å². The summed E-state index contributed by atoms with van der Waals surface area (Å²) in [5, 5.41) is 17.4. The average Bonchev–Trinajstić information content (AvgIpc) is 3.11. The monoisotopic (exact) mass is 274 g/mol. The lowest BCUT2D eigenvalue weighted by Crippen LogP contribution is -2.20. The van der Waals surface area contributed by atoms with Crippen LogP contribution in [0.5, 0.6) is 17.2 Å². The predicted octanol–water partition coefficient (Wildman–Crippen LogP) is 1.43. The zero-order chi connectivity index (χ0) is 13.8. The molecule has 104 valence electrons. The van der Waals surface area contributed by atoms with Crippen LogP contribution in [0.4, 0.5) is 8.78 Å². The van der Waals surface area contributed by atoms with Gasteiger partial charge in [0.15, 0.2) is 11.5 Å². The first-order chi connectivity index (χ1) is 9.04. The number of alkyl halides is 2. The predicted molar refractivity (Wildman–Crippen MR) is 62.1 cm³/mol. The normalized spacial score (nSPS) is 14.4. The molecule has 5 nitrogen and oxygen atoms in total. The number of hydrogen-bond donors (Lipinski definition) is 2. The van der Waals surface area contributed by atoms with E-state index in [1.165, 1.54) is 18.2 Å². The van der Waals surface area contributed by atoms with Gasteiger partial charge in [-0.3, -0.25) is 0 Å². The number of ether oxygens (including phenoxy) is 2. The van der Waals surface area contributed by atoms with E-state index < -0.39 is 13.9 Å². The third-order valence-corrected chi connectivity index (χ3v) is 2.54. The molecule has 0 aliphatic heterocycles. The fourth-order valence-electron chi connectivity index (χ4n) is 1.48. The van der Waals surface area contributed by atoms with Crippen LogP contribution in [-0.2, 0) is 0 Å².